The summed E-state index contributed by atoms with van der Waals surface area (Å²) >= 11 is 0. The van der Waals surface area contributed by atoms with E-state index in [1.54, 1.807) is 36.2 Å². The quantitative estimate of drug-likeness (QED) is 0.894. The summed E-state index contributed by atoms with van der Waals surface area (Å²) in [7, 11) is 1.73. The Morgan fingerprint density at radius 2 is 2.05 bits per heavy atom. The molecule has 102 valence electrons. The molecule has 1 atom stereocenters. The van der Waals surface area contributed by atoms with Gasteiger partial charge in [-0.05, 0) is 30.5 Å². The van der Waals surface area contributed by atoms with Crippen LogP contribution < -0.4 is 0 Å². The van der Waals surface area contributed by atoms with Crippen molar-refractivity contribution in [3.63, 3.8) is 0 Å². The molecule has 0 bridgehead atoms. The van der Waals surface area contributed by atoms with Gasteiger partial charge >= 0.3 is 5.97 Å². The molecule has 2 rings (SSSR count). The summed E-state index contributed by atoms with van der Waals surface area (Å²) in [6.45, 7) is 1.11. The zero-order chi connectivity index (χ0) is 13.8. The molecule has 1 fully saturated rings. The minimum atomic E-state index is -0.949. The van der Waals surface area contributed by atoms with Gasteiger partial charge in [-0.25, -0.2) is 4.79 Å². The summed E-state index contributed by atoms with van der Waals surface area (Å²) in [5, 5.41) is 8.81. The second-order valence-corrected chi connectivity index (χ2v) is 4.70. The fourth-order valence-electron chi connectivity index (χ4n) is 2.12. The highest BCUT2D eigenvalue weighted by molar-refractivity contribution is 5.87. The number of ether oxygens (including phenoxy) is 1. The number of carbonyl (C=O) groups excluding carboxylic acids is 1. The average molecular weight is 263 g/mol. The number of amides is 1. The van der Waals surface area contributed by atoms with Crippen molar-refractivity contribution < 1.29 is 19.4 Å². The summed E-state index contributed by atoms with van der Waals surface area (Å²) in [5.41, 5.74) is 1.15. The Labute approximate surface area is 111 Å². The van der Waals surface area contributed by atoms with Crippen LogP contribution in [-0.4, -0.2) is 41.6 Å². The van der Waals surface area contributed by atoms with E-state index < -0.39 is 5.97 Å². The minimum Gasteiger partial charge on any atom is -0.478 e. The van der Waals surface area contributed by atoms with Crippen molar-refractivity contribution in [1.82, 2.24) is 4.90 Å². The molecule has 19 heavy (non-hydrogen) atoms. The fraction of sp³-hybridized carbons (Fsp3) is 0.429. The Kier molecular flexibility index (Phi) is 4.16. The second kappa shape index (κ2) is 5.84. The molecule has 0 aromatic heterocycles. The second-order valence-electron chi connectivity index (χ2n) is 4.70. The van der Waals surface area contributed by atoms with Crippen LogP contribution in [0.2, 0.25) is 0 Å². The van der Waals surface area contributed by atoms with Crippen LogP contribution in [0, 0.1) is 0 Å². The summed E-state index contributed by atoms with van der Waals surface area (Å²) in [4.78, 5) is 24.4. The van der Waals surface area contributed by atoms with Gasteiger partial charge in [0.2, 0.25) is 0 Å². The number of hydrogen-bond acceptors (Lipinski definition) is 3. The molecule has 1 heterocycles. The van der Waals surface area contributed by atoms with Crippen LogP contribution in [0.5, 0.6) is 0 Å². The molecule has 1 aromatic carbocycles. The molecule has 5 heteroatoms. The lowest BCUT2D eigenvalue weighted by molar-refractivity contribution is -0.140. The Hall–Kier alpha value is -1.88. The Morgan fingerprint density at radius 3 is 2.58 bits per heavy atom. The van der Waals surface area contributed by atoms with Gasteiger partial charge < -0.3 is 14.7 Å². The molecule has 0 saturated carbocycles. The average Bonchev–Trinajstić information content (AvgIpc) is 2.92. The molecule has 0 radical (unpaired) electrons. The monoisotopic (exact) mass is 263 g/mol. The van der Waals surface area contributed by atoms with Gasteiger partial charge in [-0.15, -0.1) is 0 Å². The first-order valence-corrected chi connectivity index (χ1v) is 6.27. The van der Waals surface area contributed by atoms with E-state index in [9.17, 15) is 9.59 Å². The van der Waals surface area contributed by atoms with E-state index in [-0.39, 0.29) is 17.6 Å². The first-order valence-electron chi connectivity index (χ1n) is 6.27. The Morgan fingerprint density at radius 1 is 1.37 bits per heavy atom. The third-order valence-corrected chi connectivity index (χ3v) is 3.20. The molecule has 0 aliphatic carbocycles. The zero-order valence-corrected chi connectivity index (χ0v) is 10.8. The number of benzene rings is 1. The van der Waals surface area contributed by atoms with Crippen molar-refractivity contribution in [2.24, 2.45) is 0 Å². The van der Waals surface area contributed by atoms with Crippen LogP contribution in [0.4, 0.5) is 0 Å². The summed E-state index contributed by atoms with van der Waals surface area (Å²) in [6.07, 6.45) is 1.39. The molecular formula is C14H17NO4. The van der Waals surface area contributed by atoms with Crippen LogP contribution in [-0.2, 0) is 16.1 Å². The highest BCUT2D eigenvalue weighted by Gasteiger charge is 2.26. The van der Waals surface area contributed by atoms with Crippen LogP contribution >= 0.6 is 0 Å². The highest BCUT2D eigenvalue weighted by Crippen LogP contribution is 2.15. The molecule has 1 saturated heterocycles. The van der Waals surface area contributed by atoms with Gasteiger partial charge in [0.1, 0.15) is 6.10 Å². The maximum absolute atomic E-state index is 12.0. The van der Waals surface area contributed by atoms with Crippen molar-refractivity contribution in [2.75, 3.05) is 13.7 Å². The first kappa shape index (κ1) is 13.5. The van der Waals surface area contributed by atoms with E-state index in [2.05, 4.69) is 0 Å². The van der Waals surface area contributed by atoms with Crippen molar-refractivity contribution in [1.29, 1.82) is 0 Å². The number of rotatable bonds is 4. The van der Waals surface area contributed by atoms with Crippen molar-refractivity contribution in [3.8, 4) is 0 Å². The van der Waals surface area contributed by atoms with Crippen LogP contribution in [0.15, 0.2) is 24.3 Å². The number of nitrogens with zero attached hydrogens (tertiary/aromatic N) is 1. The van der Waals surface area contributed by atoms with Crippen molar-refractivity contribution in [3.05, 3.63) is 35.4 Å². The Bertz CT molecular complexity index is 463. The van der Waals surface area contributed by atoms with Gasteiger partial charge in [0, 0.05) is 20.2 Å². The number of aromatic carboxylic acids is 1. The summed E-state index contributed by atoms with van der Waals surface area (Å²) < 4.78 is 5.36. The van der Waals surface area contributed by atoms with Crippen molar-refractivity contribution >= 4 is 11.9 Å². The van der Waals surface area contributed by atoms with Crippen LogP contribution in [0.1, 0.15) is 28.8 Å². The number of carboxylic acid groups (broad SMARTS) is 1. The van der Waals surface area contributed by atoms with E-state index in [0.29, 0.717) is 13.2 Å². The minimum absolute atomic E-state index is 0.0141. The van der Waals surface area contributed by atoms with E-state index >= 15 is 0 Å². The smallest absolute Gasteiger partial charge is 0.335 e. The largest absolute Gasteiger partial charge is 0.478 e. The molecule has 0 unspecified atom stereocenters. The molecular weight excluding hydrogens is 246 g/mol. The van der Waals surface area contributed by atoms with Gasteiger partial charge in [-0.3, -0.25) is 4.79 Å². The van der Waals surface area contributed by atoms with Crippen LogP contribution in [0.25, 0.3) is 0 Å². The predicted octanol–water partition coefficient (Wildman–Crippen LogP) is 1.52. The molecule has 0 spiro atoms. The number of hydrogen-bond donors (Lipinski definition) is 1. The summed E-state index contributed by atoms with van der Waals surface area (Å²) in [6, 6.07) is 6.54. The molecule has 1 amide bonds. The summed E-state index contributed by atoms with van der Waals surface area (Å²) in [5.74, 6) is -0.963. The normalized spacial score (nSPS) is 18.3. The van der Waals surface area contributed by atoms with Gasteiger partial charge in [0.25, 0.3) is 5.91 Å². The molecule has 1 aliphatic heterocycles. The maximum atomic E-state index is 12.0. The SMILES string of the molecule is CN(Cc1ccc(C(=O)O)cc1)C(=O)[C@H]1CCCO1. The maximum Gasteiger partial charge on any atom is 0.335 e. The standard InChI is InChI=1S/C14H17NO4/c1-15(13(16)12-3-2-8-19-12)9-10-4-6-11(7-5-10)14(17)18/h4-7,12H,2-3,8-9H2,1H3,(H,17,18)/t12-/m1/s1. The van der Waals surface area contributed by atoms with E-state index in [0.717, 1.165) is 18.4 Å². The van der Waals surface area contributed by atoms with Crippen LogP contribution in [0.3, 0.4) is 0 Å². The fourth-order valence-corrected chi connectivity index (χ4v) is 2.12. The molecule has 5 nitrogen and oxygen atoms in total. The topological polar surface area (TPSA) is 66.8 Å². The molecule has 1 aliphatic rings. The lowest BCUT2D eigenvalue weighted by Gasteiger charge is -2.20. The molecule has 1 aromatic rings. The van der Waals surface area contributed by atoms with Gasteiger partial charge in [-0.1, -0.05) is 12.1 Å². The number of carbonyl (C=O) groups is 2. The third kappa shape index (κ3) is 3.32. The molecule has 1 N–H and O–H groups in total. The Balaban J connectivity index is 1.96. The zero-order valence-electron chi connectivity index (χ0n) is 10.8. The van der Waals surface area contributed by atoms with Crippen molar-refractivity contribution in [2.45, 2.75) is 25.5 Å². The lowest BCUT2D eigenvalue weighted by atomic mass is 10.1. The lowest BCUT2D eigenvalue weighted by Crippen LogP contribution is -2.35. The highest BCUT2D eigenvalue weighted by atomic mass is 16.5. The number of likely N-dealkylation sites (N-methyl/N-ethyl adjacent to an activating group) is 1. The first-order chi connectivity index (χ1) is 9.08. The van der Waals surface area contributed by atoms with E-state index in [1.165, 1.54) is 0 Å². The third-order valence-electron chi connectivity index (χ3n) is 3.20. The van der Waals surface area contributed by atoms with E-state index in [4.69, 9.17) is 9.84 Å². The van der Waals surface area contributed by atoms with E-state index in [1.807, 2.05) is 0 Å². The van der Waals surface area contributed by atoms with Gasteiger partial charge in [0.05, 0.1) is 5.56 Å². The number of carboxylic acids is 1. The van der Waals surface area contributed by atoms with Gasteiger partial charge in [0.15, 0.2) is 0 Å². The van der Waals surface area contributed by atoms with Gasteiger partial charge in [-0.2, -0.15) is 0 Å². The predicted molar refractivity (Wildman–Crippen MR) is 68.8 cm³/mol.